The van der Waals surface area contributed by atoms with Crippen LogP contribution in [0, 0.1) is 6.92 Å². The van der Waals surface area contributed by atoms with Gasteiger partial charge in [-0.2, -0.15) is 0 Å². The van der Waals surface area contributed by atoms with E-state index in [9.17, 15) is 13.2 Å². The number of halogens is 1. The van der Waals surface area contributed by atoms with Crippen molar-refractivity contribution in [3.63, 3.8) is 0 Å². The van der Waals surface area contributed by atoms with E-state index in [0.717, 1.165) is 38.8 Å². The first-order valence-electron chi connectivity index (χ1n) is 9.61. The Hall–Kier alpha value is -1.92. The standard InChI is InChI=1S/C21H25ClN2O3S/c1-16-9-7-11-18(22)20(16)28(26,27)15-17-10-8-12-19(23-17)21(25)24-13-5-3-2-4-6-14-24/h7-12H,2-6,13-15H2,1H3. The number of benzene rings is 1. The van der Waals surface area contributed by atoms with Gasteiger partial charge in [0.1, 0.15) is 5.69 Å². The third kappa shape index (κ3) is 4.92. The van der Waals surface area contributed by atoms with Gasteiger partial charge in [0.15, 0.2) is 9.84 Å². The predicted octanol–water partition coefficient (Wildman–Crippen LogP) is 4.42. The lowest BCUT2D eigenvalue weighted by Gasteiger charge is -2.24. The summed E-state index contributed by atoms with van der Waals surface area (Å²) in [5.41, 5.74) is 1.24. The summed E-state index contributed by atoms with van der Waals surface area (Å²) in [6.07, 6.45) is 5.46. The van der Waals surface area contributed by atoms with Gasteiger partial charge in [-0.25, -0.2) is 13.4 Å². The van der Waals surface area contributed by atoms with Crippen molar-refractivity contribution in [1.29, 1.82) is 0 Å². The largest absolute Gasteiger partial charge is 0.337 e. The summed E-state index contributed by atoms with van der Waals surface area (Å²) >= 11 is 6.13. The van der Waals surface area contributed by atoms with Crippen LogP contribution in [0.1, 0.15) is 53.8 Å². The van der Waals surface area contributed by atoms with E-state index < -0.39 is 9.84 Å². The van der Waals surface area contributed by atoms with Crippen molar-refractivity contribution >= 4 is 27.3 Å². The molecule has 1 aliphatic heterocycles. The van der Waals surface area contributed by atoms with Gasteiger partial charge in [-0.1, -0.05) is 49.1 Å². The van der Waals surface area contributed by atoms with Crippen molar-refractivity contribution in [2.24, 2.45) is 0 Å². The highest BCUT2D eigenvalue weighted by molar-refractivity contribution is 7.90. The third-order valence-corrected chi connectivity index (χ3v) is 7.25. The molecule has 1 fully saturated rings. The average Bonchev–Trinajstić information content (AvgIpc) is 2.60. The van der Waals surface area contributed by atoms with Gasteiger partial charge in [-0.15, -0.1) is 0 Å². The van der Waals surface area contributed by atoms with E-state index in [1.807, 2.05) is 4.90 Å². The maximum absolute atomic E-state index is 12.9. The zero-order chi connectivity index (χ0) is 20.1. The number of pyridine rings is 1. The summed E-state index contributed by atoms with van der Waals surface area (Å²) in [4.78, 5) is 19.2. The Balaban J connectivity index is 1.82. The summed E-state index contributed by atoms with van der Waals surface area (Å²) in [6, 6.07) is 9.98. The van der Waals surface area contributed by atoms with Crippen LogP contribution in [-0.2, 0) is 15.6 Å². The van der Waals surface area contributed by atoms with Gasteiger partial charge in [0.25, 0.3) is 5.91 Å². The molecule has 5 nitrogen and oxygen atoms in total. The zero-order valence-corrected chi connectivity index (χ0v) is 17.6. The maximum atomic E-state index is 12.9. The smallest absolute Gasteiger partial charge is 0.272 e. The summed E-state index contributed by atoms with van der Waals surface area (Å²) in [7, 11) is -3.67. The molecule has 150 valence electrons. The van der Waals surface area contributed by atoms with E-state index in [1.165, 1.54) is 6.42 Å². The van der Waals surface area contributed by atoms with Crippen molar-refractivity contribution in [3.05, 3.63) is 58.4 Å². The van der Waals surface area contributed by atoms with Crippen LogP contribution in [0.4, 0.5) is 0 Å². The number of carbonyl (C=O) groups excluding carboxylic acids is 1. The second-order valence-corrected chi connectivity index (χ2v) is 9.55. The molecule has 0 aliphatic carbocycles. The first-order valence-corrected chi connectivity index (χ1v) is 11.6. The normalized spacial score (nSPS) is 15.7. The minimum atomic E-state index is -3.67. The summed E-state index contributed by atoms with van der Waals surface area (Å²) in [5, 5.41) is 0.202. The number of likely N-dealkylation sites (tertiary alicyclic amines) is 1. The van der Waals surface area contributed by atoms with E-state index in [2.05, 4.69) is 4.98 Å². The molecule has 1 aromatic carbocycles. The minimum Gasteiger partial charge on any atom is -0.337 e. The molecule has 1 aliphatic rings. The van der Waals surface area contributed by atoms with E-state index >= 15 is 0 Å². The van der Waals surface area contributed by atoms with Crippen LogP contribution >= 0.6 is 11.6 Å². The van der Waals surface area contributed by atoms with Crippen LogP contribution in [0.15, 0.2) is 41.3 Å². The molecule has 2 aromatic rings. The number of aromatic nitrogens is 1. The highest BCUT2D eigenvalue weighted by Crippen LogP contribution is 2.27. The van der Waals surface area contributed by atoms with E-state index in [-0.39, 0.29) is 21.6 Å². The molecule has 2 heterocycles. The number of carbonyl (C=O) groups is 1. The first kappa shape index (κ1) is 20.8. The van der Waals surface area contributed by atoms with Crippen molar-refractivity contribution < 1.29 is 13.2 Å². The summed E-state index contributed by atoms with van der Waals surface area (Å²) in [5.74, 6) is -0.423. The molecule has 3 rings (SSSR count). The van der Waals surface area contributed by atoms with E-state index in [4.69, 9.17) is 11.6 Å². The molecule has 0 unspecified atom stereocenters. The minimum absolute atomic E-state index is 0.124. The van der Waals surface area contributed by atoms with Gasteiger partial charge in [0.05, 0.1) is 21.4 Å². The number of rotatable bonds is 4. The number of aryl methyl sites for hydroxylation is 1. The SMILES string of the molecule is Cc1cccc(Cl)c1S(=O)(=O)Cc1cccc(C(=O)N2CCCCCCC2)n1. The van der Waals surface area contributed by atoms with E-state index in [0.29, 0.717) is 17.0 Å². The fraction of sp³-hybridized carbons (Fsp3) is 0.429. The molecule has 1 amide bonds. The molecule has 0 N–H and O–H groups in total. The molecule has 7 heteroatoms. The van der Waals surface area contributed by atoms with Gasteiger partial charge in [-0.3, -0.25) is 4.79 Å². The fourth-order valence-electron chi connectivity index (χ4n) is 3.57. The lowest BCUT2D eigenvalue weighted by Crippen LogP contribution is -2.34. The average molecular weight is 421 g/mol. The molecule has 0 bridgehead atoms. The molecule has 0 atom stereocenters. The topological polar surface area (TPSA) is 67.3 Å². The Kier molecular flexibility index (Phi) is 6.73. The van der Waals surface area contributed by atoms with E-state index in [1.54, 1.807) is 43.3 Å². The Bertz CT molecular complexity index is 932. The molecular formula is C21H25ClN2O3S. The molecule has 28 heavy (non-hydrogen) atoms. The summed E-state index contributed by atoms with van der Waals surface area (Å²) in [6.45, 7) is 3.16. The number of nitrogens with zero attached hydrogens (tertiary/aromatic N) is 2. The Morgan fingerprint density at radius 1 is 1.04 bits per heavy atom. The molecule has 1 saturated heterocycles. The van der Waals surface area contributed by atoms with Crippen LogP contribution in [0.2, 0.25) is 5.02 Å². The van der Waals surface area contributed by atoms with Crippen LogP contribution in [0.25, 0.3) is 0 Å². The quantitative estimate of drug-likeness (QED) is 0.734. The Morgan fingerprint density at radius 2 is 1.68 bits per heavy atom. The van der Waals surface area contributed by atoms with Gasteiger partial charge in [0, 0.05) is 13.1 Å². The molecular weight excluding hydrogens is 396 g/mol. The van der Waals surface area contributed by atoms with Crippen LogP contribution in [0.5, 0.6) is 0 Å². The number of hydrogen-bond acceptors (Lipinski definition) is 4. The lowest BCUT2D eigenvalue weighted by atomic mass is 10.1. The number of amides is 1. The first-order chi connectivity index (χ1) is 13.4. The fourth-order valence-corrected chi connectivity index (χ4v) is 5.76. The molecule has 0 spiro atoms. The zero-order valence-electron chi connectivity index (χ0n) is 16.0. The third-order valence-electron chi connectivity index (χ3n) is 4.98. The highest BCUT2D eigenvalue weighted by atomic mass is 35.5. The number of sulfone groups is 1. The van der Waals surface area contributed by atoms with Gasteiger partial charge in [0.2, 0.25) is 0 Å². The predicted molar refractivity (Wildman–Crippen MR) is 110 cm³/mol. The Morgan fingerprint density at radius 3 is 2.36 bits per heavy atom. The second-order valence-electron chi connectivity index (χ2n) is 7.22. The van der Waals surface area contributed by atoms with Gasteiger partial charge < -0.3 is 4.90 Å². The lowest BCUT2D eigenvalue weighted by molar-refractivity contribution is 0.0736. The Labute approximate surface area is 171 Å². The molecule has 1 aromatic heterocycles. The van der Waals surface area contributed by atoms with Crippen LogP contribution < -0.4 is 0 Å². The monoisotopic (exact) mass is 420 g/mol. The van der Waals surface area contributed by atoms with Crippen molar-refractivity contribution in [2.45, 2.75) is 49.7 Å². The molecule has 0 radical (unpaired) electrons. The van der Waals surface area contributed by atoms with Crippen molar-refractivity contribution in [3.8, 4) is 0 Å². The maximum Gasteiger partial charge on any atom is 0.272 e. The van der Waals surface area contributed by atoms with Crippen molar-refractivity contribution in [2.75, 3.05) is 13.1 Å². The van der Waals surface area contributed by atoms with Gasteiger partial charge >= 0.3 is 0 Å². The number of hydrogen-bond donors (Lipinski definition) is 0. The van der Waals surface area contributed by atoms with Gasteiger partial charge in [-0.05, 0) is 43.5 Å². The van der Waals surface area contributed by atoms with Crippen LogP contribution in [0.3, 0.4) is 0 Å². The second kappa shape index (κ2) is 9.05. The highest BCUT2D eigenvalue weighted by Gasteiger charge is 2.23. The molecule has 0 saturated carbocycles. The van der Waals surface area contributed by atoms with Crippen molar-refractivity contribution in [1.82, 2.24) is 9.88 Å². The summed E-state index contributed by atoms with van der Waals surface area (Å²) < 4.78 is 25.8. The van der Waals surface area contributed by atoms with Crippen LogP contribution in [-0.4, -0.2) is 37.3 Å².